The molecule has 2 atom stereocenters. The highest BCUT2D eigenvalue weighted by atomic mass is 16.4. The van der Waals surface area contributed by atoms with Crippen molar-refractivity contribution >= 4 is 11.9 Å². The van der Waals surface area contributed by atoms with Crippen LogP contribution in [0.2, 0.25) is 0 Å². The molecule has 0 spiro atoms. The quantitative estimate of drug-likeness (QED) is 0.856. The van der Waals surface area contributed by atoms with Gasteiger partial charge in [-0.3, -0.25) is 9.59 Å². The zero-order chi connectivity index (χ0) is 15.2. The number of benzene rings is 1. The van der Waals surface area contributed by atoms with Crippen molar-refractivity contribution in [2.45, 2.75) is 19.4 Å². The van der Waals surface area contributed by atoms with Crippen molar-refractivity contribution in [3.05, 3.63) is 60.1 Å². The number of hydrogen-bond donors (Lipinski definition) is 2. The topological polar surface area (TPSA) is 79.5 Å². The Hall–Kier alpha value is -2.56. The van der Waals surface area contributed by atoms with Crippen molar-refractivity contribution in [3.63, 3.8) is 0 Å². The molecule has 0 bridgehead atoms. The Labute approximate surface area is 122 Å². The predicted octanol–water partition coefficient (Wildman–Crippen LogP) is 2.86. The highest BCUT2D eigenvalue weighted by Gasteiger charge is 2.30. The van der Waals surface area contributed by atoms with Gasteiger partial charge >= 0.3 is 5.97 Å². The van der Waals surface area contributed by atoms with Crippen LogP contribution in [0.5, 0.6) is 0 Å². The minimum atomic E-state index is -0.939. The molecule has 2 rings (SSSR count). The van der Waals surface area contributed by atoms with Crippen LogP contribution in [-0.2, 0) is 4.79 Å². The first kappa shape index (κ1) is 14.8. The van der Waals surface area contributed by atoms with E-state index in [1.54, 1.807) is 31.2 Å². The van der Waals surface area contributed by atoms with E-state index in [9.17, 15) is 14.7 Å². The van der Waals surface area contributed by atoms with Crippen LogP contribution in [-0.4, -0.2) is 17.0 Å². The maximum absolute atomic E-state index is 12.1. The number of carboxylic acid groups (broad SMARTS) is 1. The van der Waals surface area contributed by atoms with E-state index in [4.69, 9.17) is 4.42 Å². The van der Waals surface area contributed by atoms with Gasteiger partial charge in [0.05, 0.1) is 18.2 Å². The molecule has 2 aromatic rings. The molecule has 1 aromatic carbocycles. The lowest BCUT2D eigenvalue weighted by Crippen LogP contribution is -2.36. The number of aliphatic carboxylic acids is 1. The minimum absolute atomic E-state index is 0.163. The largest absolute Gasteiger partial charge is 0.481 e. The number of carbonyl (C=O) groups excluding carboxylic acids is 1. The Balaban J connectivity index is 2.28. The number of carbonyl (C=O) groups is 2. The second kappa shape index (κ2) is 6.74. The van der Waals surface area contributed by atoms with Gasteiger partial charge in [-0.1, -0.05) is 37.3 Å². The first-order valence-corrected chi connectivity index (χ1v) is 6.75. The molecule has 0 saturated heterocycles. The van der Waals surface area contributed by atoms with Crippen LogP contribution in [0.15, 0.2) is 53.1 Å². The summed E-state index contributed by atoms with van der Waals surface area (Å²) in [6.07, 6.45) is 1.81. The summed E-state index contributed by atoms with van der Waals surface area (Å²) in [5.74, 6) is -1.90. The molecule has 2 N–H and O–H groups in total. The highest BCUT2D eigenvalue weighted by Crippen LogP contribution is 2.25. The third kappa shape index (κ3) is 3.51. The Morgan fingerprint density at radius 2 is 1.90 bits per heavy atom. The van der Waals surface area contributed by atoms with Crippen LogP contribution in [0.25, 0.3) is 0 Å². The molecule has 0 fully saturated rings. The van der Waals surface area contributed by atoms with Gasteiger partial charge in [-0.2, -0.15) is 0 Å². The fraction of sp³-hybridized carbons (Fsp3) is 0.250. The Bertz CT molecular complexity index is 592. The van der Waals surface area contributed by atoms with E-state index in [0.29, 0.717) is 6.42 Å². The Morgan fingerprint density at radius 3 is 2.43 bits per heavy atom. The number of amides is 1. The van der Waals surface area contributed by atoms with Crippen molar-refractivity contribution < 1.29 is 19.1 Å². The summed E-state index contributed by atoms with van der Waals surface area (Å²) in [5.41, 5.74) is 0.756. The minimum Gasteiger partial charge on any atom is -0.481 e. The summed E-state index contributed by atoms with van der Waals surface area (Å²) in [6, 6.07) is 11.6. The number of rotatable bonds is 6. The van der Waals surface area contributed by atoms with Gasteiger partial charge in [0.15, 0.2) is 5.76 Å². The second-order valence-corrected chi connectivity index (χ2v) is 4.69. The first-order valence-electron chi connectivity index (χ1n) is 6.75. The normalized spacial score (nSPS) is 13.4. The molecule has 5 heteroatoms. The summed E-state index contributed by atoms with van der Waals surface area (Å²) < 4.78 is 5.05. The summed E-state index contributed by atoms with van der Waals surface area (Å²) in [5, 5.41) is 12.1. The lowest BCUT2D eigenvalue weighted by atomic mass is 9.90. The summed E-state index contributed by atoms with van der Waals surface area (Å²) in [7, 11) is 0. The van der Waals surface area contributed by atoms with E-state index < -0.39 is 23.8 Å². The molecule has 1 heterocycles. The monoisotopic (exact) mass is 287 g/mol. The van der Waals surface area contributed by atoms with Crippen molar-refractivity contribution in [1.82, 2.24) is 5.32 Å². The SMILES string of the molecule is CCC(C(=O)O)C(NC(=O)c1ccco1)c1ccccc1. The summed E-state index contributed by atoms with van der Waals surface area (Å²) in [6.45, 7) is 1.79. The van der Waals surface area contributed by atoms with Gasteiger partial charge in [-0.25, -0.2) is 0 Å². The zero-order valence-electron chi connectivity index (χ0n) is 11.7. The third-order valence-electron chi connectivity index (χ3n) is 3.35. The van der Waals surface area contributed by atoms with Crippen LogP contribution in [0.1, 0.15) is 35.5 Å². The molecule has 1 aromatic heterocycles. The van der Waals surface area contributed by atoms with Crippen LogP contribution in [0.4, 0.5) is 0 Å². The molecule has 0 aliphatic heterocycles. The maximum Gasteiger partial charge on any atom is 0.308 e. The van der Waals surface area contributed by atoms with Crippen LogP contribution >= 0.6 is 0 Å². The Kier molecular flexibility index (Phi) is 4.77. The van der Waals surface area contributed by atoms with Gasteiger partial charge in [0.1, 0.15) is 0 Å². The maximum atomic E-state index is 12.1. The molecule has 5 nitrogen and oxygen atoms in total. The molecule has 21 heavy (non-hydrogen) atoms. The highest BCUT2D eigenvalue weighted by molar-refractivity contribution is 5.92. The van der Waals surface area contributed by atoms with Gasteiger partial charge in [0, 0.05) is 0 Å². The van der Waals surface area contributed by atoms with Crippen molar-refractivity contribution in [2.75, 3.05) is 0 Å². The molecular formula is C16H17NO4. The molecule has 1 amide bonds. The number of furan rings is 1. The lowest BCUT2D eigenvalue weighted by molar-refractivity contribution is -0.142. The van der Waals surface area contributed by atoms with Crippen LogP contribution in [0, 0.1) is 5.92 Å². The van der Waals surface area contributed by atoms with Crippen LogP contribution in [0.3, 0.4) is 0 Å². The first-order chi connectivity index (χ1) is 10.1. The third-order valence-corrected chi connectivity index (χ3v) is 3.35. The standard InChI is InChI=1S/C16H17NO4/c1-2-12(16(19)20)14(11-7-4-3-5-8-11)17-15(18)13-9-6-10-21-13/h3-10,12,14H,2H2,1H3,(H,17,18)(H,19,20). The smallest absolute Gasteiger partial charge is 0.308 e. The molecule has 2 unspecified atom stereocenters. The number of nitrogens with one attached hydrogen (secondary N) is 1. The van der Waals surface area contributed by atoms with E-state index in [2.05, 4.69) is 5.32 Å². The molecule has 0 aliphatic carbocycles. The van der Waals surface area contributed by atoms with E-state index in [1.165, 1.54) is 6.26 Å². The van der Waals surface area contributed by atoms with E-state index in [-0.39, 0.29) is 5.76 Å². The fourth-order valence-corrected chi connectivity index (χ4v) is 2.25. The van der Waals surface area contributed by atoms with Crippen molar-refractivity contribution in [3.8, 4) is 0 Å². The van der Waals surface area contributed by atoms with E-state index >= 15 is 0 Å². The van der Waals surface area contributed by atoms with E-state index in [1.807, 2.05) is 18.2 Å². The summed E-state index contributed by atoms with van der Waals surface area (Å²) >= 11 is 0. The zero-order valence-corrected chi connectivity index (χ0v) is 11.7. The molecule has 110 valence electrons. The van der Waals surface area contributed by atoms with Crippen molar-refractivity contribution in [1.29, 1.82) is 0 Å². The van der Waals surface area contributed by atoms with Crippen molar-refractivity contribution in [2.24, 2.45) is 5.92 Å². The average Bonchev–Trinajstić information content (AvgIpc) is 3.01. The lowest BCUT2D eigenvalue weighted by Gasteiger charge is -2.24. The predicted molar refractivity (Wildman–Crippen MR) is 76.8 cm³/mol. The van der Waals surface area contributed by atoms with Gasteiger partial charge < -0.3 is 14.8 Å². The van der Waals surface area contributed by atoms with Crippen LogP contribution < -0.4 is 5.32 Å². The molecular weight excluding hydrogens is 270 g/mol. The van der Waals surface area contributed by atoms with Gasteiger partial charge in [-0.15, -0.1) is 0 Å². The molecule has 0 radical (unpaired) electrons. The van der Waals surface area contributed by atoms with Gasteiger partial charge in [0.25, 0.3) is 5.91 Å². The molecule has 0 saturated carbocycles. The van der Waals surface area contributed by atoms with E-state index in [0.717, 1.165) is 5.56 Å². The van der Waals surface area contributed by atoms with Gasteiger partial charge in [0.2, 0.25) is 0 Å². The Morgan fingerprint density at radius 1 is 1.19 bits per heavy atom. The summed E-state index contributed by atoms with van der Waals surface area (Å²) in [4.78, 5) is 23.6. The second-order valence-electron chi connectivity index (χ2n) is 4.69. The van der Waals surface area contributed by atoms with Gasteiger partial charge in [-0.05, 0) is 24.1 Å². The molecule has 0 aliphatic rings. The number of carboxylic acids is 1. The fourth-order valence-electron chi connectivity index (χ4n) is 2.25. The average molecular weight is 287 g/mol. The number of hydrogen-bond acceptors (Lipinski definition) is 3.